The van der Waals surface area contributed by atoms with Crippen molar-refractivity contribution in [2.75, 3.05) is 17.6 Å². The van der Waals surface area contributed by atoms with Crippen LogP contribution in [0.25, 0.3) is 0 Å². The second-order valence-corrected chi connectivity index (χ2v) is 7.31. The molecule has 1 N–H and O–H groups in total. The van der Waals surface area contributed by atoms with E-state index in [1.54, 1.807) is 30.3 Å². The molecule has 0 amide bonds. The van der Waals surface area contributed by atoms with Gasteiger partial charge < -0.3 is 5.32 Å². The Kier molecular flexibility index (Phi) is 5.76. The van der Waals surface area contributed by atoms with Gasteiger partial charge in [-0.05, 0) is 18.1 Å². The number of nitrogens with zero attached hydrogens (tertiary/aromatic N) is 2. The lowest BCUT2D eigenvalue weighted by molar-refractivity contribution is -0.141. The van der Waals surface area contributed by atoms with Gasteiger partial charge in [0.25, 0.3) is 0 Å². The van der Waals surface area contributed by atoms with Gasteiger partial charge in [-0.2, -0.15) is 13.2 Å². The van der Waals surface area contributed by atoms with Crippen molar-refractivity contribution in [1.29, 1.82) is 0 Å². The van der Waals surface area contributed by atoms with Gasteiger partial charge >= 0.3 is 6.18 Å². The second-order valence-electron chi connectivity index (χ2n) is 5.12. The molecule has 0 aliphatic carbocycles. The van der Waals surface area contributed by atoms with Crippen molar-refractivity contribution >= 4 is 15.8 Å². The molecule has 2 rings (SSSR count). The van der Waals surface area contributed by atoms with E-state index < -0.39 is 21.7 Å². The molecule has 0 saturated heterocycles. The summed E-state index contributed by atoms with van der Waals surface area (Å²) in [5.74, 6) is -0.313. The SMILES string of the molecule is O=S(=O)(CCCNc1nccc(C(F)(F)F)n1)Cc1ccccc1. The number of alkyl halides is 3. The molecule has 0 aliphatic heterocycles. The summed E-state index contributed by atoms with van der Waals surface area (Å²) in [6.45, 7) is 0.162. The number of rotatable bonds is 7. The van der Waals surface area contributed by atoms with E-state index in [4.69, 9.17) is 0 Å². The molecule has 0 unspecified atom stereocenters. The first-order valence-electron chi connectivity index (χ1n) is 7.15. The van der Waals surface area contributed by atoms with Gasteiger partial charge in [0.15, 0.2) is 9.84 Å². The van der Waals surface area contributed by atoms with Crippen LogP contribution < -0.4 is 5.32 Å². The van der Waals surface area contributed by atoms with Crippen LogP contribution in [0.15, 0.2) is 42.6 Å². The minimum Gasteiger partial charge on any atom is -0.354 e. The Morgan fingerprint density at radius 2 is 1.79 bits per heavy atom. The van der Waals surface area contributed by atoms with Gasteiger partial charge in [-0.1, -0.05) is 30.3 Å². The van der Waals surface area contributed by atoms with Crippen LogP contribution >= 0.6 is 0 Å². The average molecular weight is 359 g/mol. The molecule has 0 atom stereocenters. The maximum Gasteiger partial charge on any atom is 0.433 e. The van der Waals surface area contributed by atoms with Crippen molar-refractivity contribution in [3.8, 4) is 0 Å². The Morgan fingerprint density at radius 1 is 1.08 bits per heavy atom. The predicted molar refractivity (Wildman–Crippen MR) is 84.1 cm³/mol. The smallest absolute Gasteiger partial charge is 0.354 e. The summed E-state index contributed by atoms with van der Waals surface area (Å²) in [5.41, 5.74) is -0.344. The Labute approximate surface area is 137 Å². The fraction of sp³-hybridized carbons (Fsp3) is 0.333. The molecule has 0 radical (unpaired) electrons. The number of aromatic nitrogens is 2. The Bertz CT molecular complexity index is 765. The van der Waals surface area contributed by atoms with E-state index in [1.165, 1.54) is 0 Å². The molecular weight excluding hydrogens is 343 g/mol. The first-order chi connectivity index (χ1) is 11.3. The van der Waals surface area contributed by atoms with Crippen molar-refractivity contribution in [3.63, 3.8) is 0 Å². The maximum atomic E-state index is 12.5. The molecule has 0 saturated carbocycles. The number of sulfone groups is 1. The Balaban J connectivity index is 1.82. The lowest BCUT2D eigenvalue weighted by Gasteiger charge is -2.09. The van der Waals surface area contributed by atoms with E-state index in [1.807, 2.05) is 0 Å². The summed E-state index contributed by atoms with van der Waals surface area (Å²) in [4.78, 5) is 7.03. The molecule has 24 heavy (non-hydrogen) atoms. The number of halogens is 3. The van der Waals surface area contributed by atoms with E-state index in [0.29, 0.717) is 5.56 Å². The number of hydrogen-bond donors (Lipinski definition) is 1. The van der Waals surface area contributed by atoms with Gasteiger partial charge in [0.05, 0.1) is 11.5 Å². The van der Waals surface area contributed by atoms with E-state index in [2.05, 4.69) is 15.3 Å². The molecule has 9 heteroatoms. The first kappa shape index (κ1) is 18.2. The van der Waals surface area contributed by atoms with Crippen LogP contribution in [0.2, 0.25) is 0 Å². The molecule has 2 aromatic rings. The molecule has 1 aromatic heterocycles. The van der Waals surface area contributed by atoms with Crippen molar-refractivity contribution in [3.05, 3.63) is 53.9 Å². The van der Waals surface area contributed by atoms with E-state index >= 15 is 0 Å². The largest absolute Gasteiger partial charge is 0.433 e. The van der Waals surface area contributed by atoms with Crippen LogP contribution in [-0.4, -0.2) is 30.7 Å². The zero-order chi connectivity index (χ0) is 17.6. The number of anilines is 1. The summed E-state index contributed by atoms with van der Waals surface area (Å²) < 4.78 is 61.5. The van der Waals surface area contributed by atoms with Crippen LogP contribution in [0.4, 0.5) is 19.1 Å². The number of hydrogen-bond acceptors (Lipinski definition) is 5. The predicted octanol–water partition coefficient (Wildman–Crippen LogP) is 2.91. The highest BCUT2D eigenvalue weighted by atomic mass is 32.2. The summed E-state index contributed by atoms with van der Waals surface area (Å²) in [6.07, 6.45) is -3.29. The molecule has 1 aromatic carbocycles. The van der Waals surface area contributed by atoms with Crippen LogP contribution in [0.3, 0.4) is 0 Å². The highest BCUT2D eigenvalue weighted by molar-refractivity contribution is 7.90. The van der Waals surface area contributed by atoms with E-state index in [0.717, 1.165) is 12.3 Å². The second kappa shape index (κ2) is 7.61. The Morgan fingerprint density at radius 3 is 2.46 bits per heavy atom. The van der Waals surface area contributed by atoms with Crippen molar-refractivity contribution in [2.45, 2.75) is 18.3 Å². The standard InChI is InChI=1S/C15H16F3N3O2S/c16-15(17,18)13-7-9-20-14(21-13)19-8-4-10-24(22,23)11-12-5-2-1-3-6-12/h1-3,5-7,9H,4,8,10-11H2,(H,19,20,21). The monoisotopic (exact) mass is 359 g/mol. The number of nitrogens with one attached hydrogen (secondary N) is 1. The minimum absolute atomic E-state index is 0.0616. The quantitative estimate of drug-likeness (QED) is 0.770. The molecule has 0 aliphatic rings. The first-order valence-corrected chi connectivity index (χ1v) is 8.97. The van der Waals surface area contributed by atoms with Crippen LogP contribution in [-0.2, 0) is 21.8 Å². The van der Waals surface area contributed by atoms with Crippen molar-refractivity contribution in [2.24, 2.45) is 0 Å². The van der Waals surface area contributed by atoms with Crippen molar-refractivity contribution in [1.82, 2.24) is 9.97 Å². The summed E-state index contributed by atoms with van der Waals surface area (Å²) >= 11 is 0. The van der Waals surface area contributed by atoms with Gasteiger partial charge in [0.2, 0.25) is 5.95 Å². The minimum atomic E-state index is -4.54. The summed E-state index contributed by atoms with van der Waals surface area (Å²) in [6, 6.07) is 9.55. The highest BCUT2D eigenvalue weighted by Gasteiger charge is 2.32. The molecule has 5 nitrogen and oxygen atoms in total. The fourth-order valence-electron chi connectivity index (χ4n) is 1.99. The van der Waals surface area contributed by atoms with Gasteiger partial charge in [-0.3, -0.25) is 0 Å². The van der Waals surface area contributed by atoms with Crippen LogP contribution in [0.1, 0.15) is 17.7 Å². The maximum absolute atomic E-state index is 12.5. The molecule has 0 bridgehead atoms. The molecule has 0 spiro atoms. The average Bonchev–Trinajstić information content (AvgIpc) is 2.52. The molecule has 0 fully saturated rings. The lowest BCUT2D eigenvalue weighted by atomic mass is 10.2. The fourth-order valence-corrected chi connectivity index (χ4v) is 3.42. The topological polar surface area (TPSA) is 72.0 Å². The van der Waals surface area contributed by atoms with Gasteiger partial charge in [0.1, 0.15) is 5.69 Å². The van der Waals surface area contributed by atoms with E-state index in [9.17, 15) is 21.6 Å². The highest BCUT2D eigenvalue weighted by Crippen LogP contribution is 2.27. The third kappa shape index (κ3) is 5.80. The van der Waals surface area contributed by atoms with Crippen molar-refractivity contribution < 1.29 is 21.6 Å². The van der Waals surface area contributed by atoms with Gasteiger partial charge in [-0.15, -0.1) is 0 Å². The third-order valence-electron chi connectivity index (χ3n) is 3.09. The molecule has 130 valence electrons. The molecule has 1 heterocycles. The third-order valence-corrected chi connectivity index (χ3v) is 4.77. The van der Waals surface area contributed by atoms with Gasteiger partial charge in [-0.25, -0.2) is 18.4 Å². The normalized spacial score (nSPS) is 12.1. The summed E-state index contributed by atoms with van der Waals surface area (Å²) in [7, 11) is -3.28. The van der Waals surface area contributed by atoms with Crippen LogP contribution in [0.5, 0.6) is 0 Å². The van der Waals surface area contributed by atoms with Crippen LogP contribution in [0, 0.1) is 0 Å². The zero-order valence-corrected chi connectivity index (χ0v) is 13.4. The van der Waals surface area contributed by atoms with Gasteiger partial charge in [0, 0.05) is 12.7 Å². The summed E-state index contributed by atoms with van der Waals surface area (Å²) in [5, 5.41) is 2.61. The molecular formula is C15H16F3N3O2S. The van der Waals surface area contributed by atoms with E-state index in [-0.39, 0.29) is 30.4 Å². The Hall–Kier alpha value is -2.16. The lowest BCUT2D eigenvalue weighted by Crippen LogP contribution is -2.15. The number of benzene rings is 1. The zero-order valence-electron chi connectivity index (χ0n) is 12.6.